The molecule has 0 bridgehead atoms. The third kappa shape index (κ3) is 3.68. The first kappa shape index (κ1) is 14.3. The Hall–Kier alpha value is -1.12. The fraction of sp³-hybridized carbons (Fsp3) is 0.273. The Bertz CT molecular complexity index is 601. The van der Waals surface area contributed by atoms with Gasteiger partial charge in [0.25, 0.3) is 5.69 Å². The average molecular weight is 313 g/mol. The number of hydrogen-bond acceptors (Lipinski definition) is 7. The lowest BCUT2D eigenvalue weighted by atomic mass is 10.2. The Balaban J connectivity index is 2.24. The van der Waals surface area contributed by atoms with Crippen molar-refractivity contribution in [3.8, 4) is 0 Å². The molecule has 19 heavy (non-hydrogen) atoms. The summed E-state index contributed by atoms with van der Waals surface area (Å²) >= 11 is 4.36. The summed E-state index contributed by atoms with van der Waals surface area (Å²) in [7, 11) is 0. The first-order chi connectivity index (χ1) is 9.10. The van der Waals surface area contributed by atoms with Crippen molar-refractivity contribution in [1.29, 1.82) is 0 Å². The van der Waals surface area contributed by atoms with Crippen LogP contribution in [0.3, 0.4) is 0 Å². The lowest BCUT2D eigenvalue weighted by Crippen LogP contribution is -1.91. The van der Waals surface area contributed by atoms with Crippen molar-refractivity contribution < 1.29 is 4.92 Å². The standard InChI is InChI=1S/C11H11N3O2S3/c1-3-17-10-12-13-11(19-10)18-9-5-4-7(2)6-8(9)14(15)16/h4-6H,3H2,1-2H3. The molecular weight excluding hydrogens is 302 g/mol. The summed E-state index contributed by atoms with van der Waals surface area (Å²) in [5.74, 6) is 0.935. The highest BCUT2D eigenvalue weighted by Crippen LogP contribution is 2.38. The van der Waals surface area contributed by atoms with Crippen LogP contribution in [-0.4, -0.2) is 20.9 Å². The van der Waals surface area contributed by atoms with Crippen LogP contribution >= 0.6 is 34.9 Å². The Morgan fingerprint density at radius 1 is 1.37 bits per heavy atom. The van der Waals surface area contributed by atoms with E-state index in [4.69, 9.17) is 0 Å². The van der Waals surface area contributed by atoms with Gasteiger partial charge in [-0.05, 0) is 24.3 Å². The van der Waals surface area contributed by atoms with Crippen molar-refractivity contribution in [2.75, 3.05) is 5.75 Å². The van der Waals surface area contributed by atoms with Gasteiger partial charge in [-0.3, -0.25) is 10.1 Å². The van der Waals surface area contributed by atoms with E-state index in [9.17, 15) is 10.1 Å². The van der Waals surface area contributed by atoms with Crippen LogP contribution in [0.1, 0.15) is 12.5 Å². The zero-order valence-electron chi connectivity index (χ0n) is 10.3. The van der Waals surface area contributed by atoms with Crippen LogP contribution in [0.25, 0.3) is 0 Å². The third-order valence-corrected chi connectivity index (χ3v) is 5.22. The van der Waals surface area contributed by atoms with E-state index in [0.717, 1.165) is 20.0 Å². The Morgan fingerprint density at radius 2 is 2.11 bits per heavy atom. The summed E-state index contributed by atoms with van der Waals surface area (Å²) < 4.78 is 1.61. The van der Waals surface area contributed by atoms with Gasteiger partial charge in [-0.25, -0.2) is 0 Å². The van der Waals surface area contributed by atoms with Crippen LogP contribution in [0.4, 0.5) is 5.69 Å². The molecule has 8 heteroatoms. The van der Waals surface area contributed by atoms with Gasteiger partial charge in [0.05, 0.1) is 9.82 Å². The van der Waals surface area contributed by atoms with Gasteiger partial charge >= 0.3 is 0 Å². The Kier molecular flexibility index (Phi) is 4.78. The molecule has 2 rings (SSSR count). The van der Waals surface area contributed by atoms with E-state index < -0.39 is 0 Å². The predicted molar refractivity (Wildman–Crippen MR) is 78.3 cm³/mol. The van der Waals surface area contributed by atoms with Crippen LogP contribution in [0, 0.1) is 17.0 Å². The maximum atomic E-state index is 11.0. The Morgan fingerprint density at radius 3 is 2.79 bits per heavy atom. The minimum Gasteiger partial charge on any atom is -0.258 e. The van der Waals surface area contributed by atoms with E-state index in [-0.39, 0.29) is 10.6 Å². The molecule has 0 aliphatic carbocycles. The van der Waals surface area contributed by atoms with E-state index in [2.05, 4.69) is 10.2 Å². The first-order valence-electron chi connectivity index (χ1n) is 5.49. The second-order valence-corrected chi connectivity index (χ2v) is 7.37. The van der Waals surface area contributed by atoms with Crippen LogP contribution in [0.2, 0.25) is 0 Å². The molecule has 1 aromatic heterocycles. The van der Waals surface area contributed by atoms with Gasteiger partial charge in [0.1, 0.15) is 0 Å². The molecule has 1 heterocycles. The molecule has 0 saturated carbocycles. The van der Waals surface area contributed by atoms with Gasteiger partial charge in [0, 0.05) is 6.07 Å². The highest BCUT2D eigenvalue weighted by atomic mass is 32.2. The van der Waals surface area contributed by atoms with E-state index >= 15 is 0 Å². The number of nitro groups is 1. The molecule has 100 valence electrons. The van der Waals surface area contributed by atoms with Crippen LogP contribution in [0.5, 0.6) is 0 Å². The van der Waals surface area contributed by atoms with Gasteiger partial charge in [-0.15, -0.1) is 10.2 Å². The molecule has 0 unspecified atom stereocenters. The topological polar surface area (TPSA) is 68.9 Å². The molecular formula is C11H11N3O2S3. The molecule has 0 saturated heterocycles. The first-order valence-corrected chi connectivity index (χ1v) is 8.11. The lowest BCUT2D eigenvalue weighted by molar-refractivity contribution is -0.387. The lowest BCUT2D eigenvalue weighted by Gasteiger charge is -2.00. The maximum Gasteiger partial charge on any atom is 0.283 e. The fourth-order valence-corrected chi connectivity index (χ4v) is 4.33. The highest BCUT2D eigenvalue weighted by Gasteiger charge is 2.16. The predicted octanol–water partition coefficient (Wildman–Crippen LogP) is 4.02. The summed E-state index contributed by atoms with van der Waals surface area (Å²) in [6.45, 7) is 3.88. The largest absolute Gasteiger partial charge is 0.283 e. The second kappa shape index (κ2) is 6.36. The molecule has 1 aromatic carbocycles. The van der Waals surface area contributed by atoms with Crippen molar-refractivity contribution >= 4 is 40.5 Å². The molecule has 0 aliphatic heterocycles. The van der Waals surface area contributed by atoms with Gasteiger partial charge in [-0.2, -0.15) is 0 Å². The number of aryl methyl sites for hydroxylation is 1. The zero-order chi connectivity index (χ0) is 13.8. The second-order valence-electron chi connectivity index (χ2n) is 3.60. The fourth-order valence-electron chi connectivity index (χ4n) is 1.37. The SMILES string of the molecule is CCSc1nnc(Sc2ccc(C)cc2[N+](=O)[O-])s1. The van der Waals surface area contributed by atoms with Crippen molar-refractivity contribution in [3.05, 3.63) is 33.9 Å². The van der Waals surface area contributed by atoms with Crippen molar-refractivity contribution in [1.82, 2.24) is 10.2 Å². The monoisotopic (exact) mass is 313 g/mol. The number of hydrogen-bond donors (Lipinski definition) is 0. The van der Waals surface area contributed by atoms with Crippen LogP contribution in [-0.2, 0) is 0 Å². The smallest absolute Gasteiger partial charge is 0.258 e. The molecule has 0 fully saturated rings. The summed E-state index contributed by atoms with van der Waals surface area (Å²) in [5, 5.41) is 19.1. The van der Waals surface area contributed by atoms with Crippen LogP contribution < -0.4 is 0 Å². The molecule has 0 atom stereocenters. The summed E-state index contributed by atoms with van der Waals surface area (Å²) in [4.78, 5) is 11.3. The summed E-state index contributed by atoms with van der Waals surface area (Å²) in [6, 6.07) is 5.19. The number of rotatable bonds is 5. The molecule has 5 nitrogen and oxygen atoms in total. The summed E-state index contributed by atoms with van der Waals surface area (Å²) in [5.41, 5.74) is 0.987. The maximum absolute atomic E-state index is 11.0. The molecule has 0 radical (unpaired) electrons. The number of aromatic nitrogens is 2. The molecule has 0 spiro atoms. The molecule has 0 amide bonds. The normalized spacial score (nSPS) is 10.6. The third-order valence-electron chi connectivity index (χ3n) is 2.16. The quantitative estimate of drug-likeness (QED) is 0.472. The van der Waals surface area contributed by atoms with Gasteiger partial charge < -0.3 is 0 Å². The number of thioether (sulfide) groups is 1. The molecule has 2 aromatic rings. The Labute approximate surface area is 123 Å². The van der Waals surface area contributed by atoms with Crippen LogP contribution in [0.15, 0.2) is 31.8 Å². The van der Waals surface area contributed by atoms with Gasteiger partial charge in [0.2, 0.25) is 0 Å². The number of nitro benzene ring substituents is 1. The minimum atomic E-state index is -0.363. The molecule has 0 N–H and O–H groups in total. The zero-order valence-corrected chi connectivity index (χ0v) is 12.8. The average Bonchev–Trinajstić information content (AvgIpc) is 2.79. The van der Waals surface area contributed by atoms with E-state index in [1.807, 2.05) is 19.9 Å². The van der Waals surface area contributed by atoms with E-state index in [0.29, 0.717) is 4.90 Å². The van der Waals surface area contributed by atoms with Gasteiger partial charge in [0.15, 0.2) is 8.68 Å². The van der Waals surface area contributed by atoms with Crippen molar-refractivity contribution in [2.24, 2.45) is 0 Å². The molecule has 0 aliphatic rings. The van der Waals surface area contributed by atoms with Gasteiger partial charge in [-0.1, -0.05) is 47.9 Å². The van der Waals surface area contributed by atoms with Crippen molar-refractivity contribution in [2.45, 2.75) is 27.4 Å². The minimum absolute atomic E-state index is 0.116. The number of benzene rings is 1. The van der Waals surface area contributed by atoms with Crippen molar-refractivity contribution in [3.63, 3.8) is 0 Å². The van der Waals surface area contributed by atoms with E-state index in [1.54, 1.807) is 23.9 Å². The highest BCUT2D eigenvalue weighted by molar-refractivity contribution is 8.03. The summed E-state index contributed by atoms with van der Waals surface area (Å²) in [6.07, 6.45) is 0. The van der Waals surface area contributed by atoms with E-state index in [1.165, 1.54) is 23.1 Å². The number of nitrogens with zero attached hydrogens (tertiary/aromatic N) is 3.